The molecule has 0 saturated heterocycles. The fourth-order valence-corrected chi connectivity index (χ4v) is 2.96. The van der Waals surface area contributed by atoms with E-state index in [0.717, 1.165) is 9.35 Å². The largest absolute Gasteiger partial charge is 0.478 e. The number of halogens is 1. The first-order valence-electron chi connectivity index (χ1n) is 5.17. The molecule has 4 N–H and O–H groups in total. The van der Waals surface area contributed by atoms with Gasteiger partial charge in [-0.1, -0.05) is 6.07 Å². The molecular weight excluding hydrogens is 316 g/mol. The van der Waals surface area contributed by atoms with Crippen LogP contribution in [0.3, 0.4) is 0 Å². The van der Waals surface area contributed by atoms with Gasteiger partial charge in [-0.3, -0.25) is 0 Å². The van der Waals surface area contributed by atoms with Gasteiger partial charge in [0.1, 0.15) is 0 Å². The molecule has 1 heterocycles. The highest BCUT2D eigenvalue weighted by atomic mass is 79.9. The molecular formula is C12H11BrN2O2S. The first-order chi connectivity index (χ1) is 8.59. The number of hydrogen-bond acceptors (Lipinski definition) is 4. The van der Waals surface area contributed by atoms with Crippen LogP contribution in [0.1, 0.15) is 15.2 Å². The number of nitrogens with one attached hydrogen (secondary N) is 1. The molecule has 0 saturated carbocycles. The van der Waals surface area contributed by atoms with Crippen LogP contribution in [-0.2, 0) is 6.54 Å². The van der Waals surface area contributed by atoms with Gasteiger partial charge in [-0.25, -0.2) is 4.79 Å². The predicted molar refractivity (Wildman–Crippen MR) is 77.2 cm³/mol. The number of carbonyl (C=O) groups is 1. The highest BCUT2D eigenvalue weighted by Gasteiger charge is 2.11. The zero-order valence-electron chi connectivity index (χ0n) is 9.31. The average Bonchev–Trinajstić information content (AvgIpc) is 2.73. The maximum atomic E-state index is 10.9. The van der Waals surface area contributed by atoms with Crippen LogP contribution in [0.15, 0.2) is 34.1 Å². The number of para-hydroxylation sites is 1. The molecule has 94 valence electrons. The molecule has 1 aromatic heterocycles. The van der Waals surface area contributed by atoms with Crippen molar-refractivity contribution >= 4 is 44.6 Å². The molecule has 0 amide bonds. The van der Waals surface area contributed by atoms with Crippen LogP contribution < -0.4 is 11.1 Å². The van der Waals surface area contributed by atoms with E-state index >= 15 is 0 Å². The molecule has 0 aliphatic carbocycles. The average molecular weight is 327 g/mol. The number of benzene rings is 1. The van der Waals surface area contributed by atoms with Crippen molar-refractivity contribution in [2.24, 2.45) is 0 Å². The number of carboxylic acid groups (broad SMARTS) is 1. The van der Waals surface area contributed by atoms with Gasteiger partial charge in [0.15, 0.2) is 0 Å². The number of aromatic carboxylic acids is 1. The Morgan fingerprint density at radius 1 is 1.44 bits per heavy atom. The van der Waals surface area contributed by atoms with Crippen LogP contribution in [0.25, 0.3) is 0 Å². The van der Waals surface area contributed by atoms with Crippen LogP contribution in [0.4, 0.5) is 11.4 Å². The highest BCUT2D eigenvalue weighted by Crippen LogP contribution is 2.27. The third-order valence-electron chi connectivity index (χ3n) is 2.47. The summed E-state index contributed by atoms with van der Waals surface area (Å²) in [4.78, 5) is 12.1. The number of rotatable bonds is 4. The van der Waals surface area contributed by atoms with Crippen molar-refractivity contribution in [2.75, 3.05) is 11.1 Å². The van der Waals surface area contributed by atoms with E-state index < -0.39 is 5.97 Å². The zero-order chi connectivity index (χ0) is 13.1. The summed E-state index contributed by atoms with van der Waals surface area (Å²) in [7, 11) is 0. The van der Waals surface area contributed by atoms with Crippen molar-refractivity contribution in [2.45, 2.75) is 6.54 Å². The van der Waals surface area contributed by atoms with E-state index in [1.807, 2.05) is 11.4 Å². The minimum absolute atomic E-state index is 0.116. The van der Waals surface area contributed by atoms with Crippen molar-refractivity contribution in [3.05, 3.63) is 44.6 Å². The Morgan fingerprint density at radius 3 is 2.83 bits per heavy atom. The van der Waals surface area contributed by atoms with Crippen LogP contribution in [0, 0.1) is 0 Å². The second-order valence-electron chi connectivity index (χ2n) is 3.62. The summed E-state index contributed by atoms with van der Waals surface area (Å²) in [6.07, 6.45) is 0. The van der Waals surface area contributed by atoms with E-state index in [1.165, 1.54) is 6.07 Å². The molecule has 0 fully saturated rings. The normalized spacial score (nSPS) is 10.3. The van der Waals surface area contributed by atoms with Gasteiger partial charge in [0.25, 0.3) is 0 Å². The second-order valence-corrected chi connectivity index (χ2v) is 5.47. The van der Waals surface area contributed by atoms with Crippen molar-refractivity contribution in [1.82, 2.24) is 0 Å². The summed E-state index contributed by atoms with van der Waals surface area (Å²) in [6, 6.07) is 6.90. The highest BCUT2D eigenvalue weighted by molar-refractivity contribution is 9.10. The first kappa shape index (κ1) is 12.9. The monoisotopic (exact) mass is 326 g/mol. The van der Waals surface area contributed by atoms with Crippen molar-refractivity contribution < 1.29 is 9.90 Å². The minimum atomic E-state index is -1.02. The topological polar surface area (TPSA) is 75.3 Å². The van der Waals surface area contributed by atoms with E-state index in [9.17, 15) is 4.79 Å². The lowest BCUT2D eigenvalue weighted by Crippen LogP contribution is -2.07. The molecule has 0 aliphatic heterocycles. The Labute approximate surface area is 117 Å². The van der Waals surface area contributed by atoms with Crippen LogP contribution in [0.5, 0.6) is 0 Å². The van der Waals surface area contributed by atoms with Gasteiger partial charge >= 0.3 is 5.97 Å². The third kappa shape index (κ3) is 2.65. The molecule has 0 unspecified atom stereocenters. The number of nitrogen functional groups attached to an aromatic ring is 1. The summed E-state index contributed by atoms with van der Waals surface area (Å²) in [5.41, 5.74) is 6.82. The summed E-state index contributed by atoms with van der Waals surface area (Å²) in [5, 5.41) is 14.1. The van der Waals surface area contributed by atoms with Crippen LogP contribution in [0.2, 0.25) is 0 Å². The SMILES string of the molecule is Nc1c(NCc2sccc2Br)cccc1C(=O)O. The van der Waals surface area contributed by atoms with Crippen molar-refractivity contribution in [3.63, 3.8) is 0 Å². The molecule has 2 rings (SSSR count). The summed E-state index contributed by atoms with van der Waals surface area (Å²) < 4.78 is 1.04. The Kier molecular flexibility index (Phi) is 3.88. The zero-order valence-corrected chi connectivity index (χ0v) is 11.7. The maximum absolute atomic E-state index is 10.9. The minimum Gasteiger partial charge on any atom is -0.478 e. The van der Waals surface area contributed by atoms with E-state index in [-0.39, 0.29) is 11.3 Å². The van der Waals surface area contributed by atoms with E-state index in [1.54, 1.807) is 23.5 Å². The van der Waals surface area contributed by atoms with Crippen LogP contribution in [-0.4, -0.2) is 11.1 Å². The molecule has 1 aromatic carbocycles. The van der Waals surface area contributed by atoms with Gasteiger partial charge in [-0.15, -0.1) is 11.3 Å². The molecule has 6 heteroatoms. The standard InChI is InChI=1S/C12H11BrN2O2S/c13-8-4-5-18-10(8)6-15-9-3-1-2-7(11(9)14)12(16)17/h1-5,15H,6,14H2,(H,16,17). The molecule has 4 nitrogen and oxygen atoms in total. The third-order valence-corrected chi connectivity index (χ3v) is 4.39. The maximum Gasteiger partial charge on any atom is 0.337 e. The summed E-state index contributed by atoms with van der Waals surface area (Å²) >= 11 is 5.06. The van der Waals surface area contributed by atoms with Crippen molar-refractivity contribution in [3.8, 4) is 0 Å². The second kappa shape index (κ2) is 5.41. The number of carboxylic acids is 1. The van der Waals surface area contributed by atoms with E-state index in [4.69, 9.17) is 10.8 Å². The molecule has 18 heavy (non-hydrogen) atoms. The molecule has 0 radical (unpaired) electrons. The summed E-state index contributed by atoms with van der Waals surface area (Å²) in [5.74, 6) is -1.02. The molecule has 0 aliphatic rings. The predicted octanol–water partition coefficient (Wildman–Crippen LogP) is 3.40. The lowest BCUT2D eigenvalue weighted by atomic mass is 10.1. The fraction of sp³-hybridized carbons (Fsp3) is 0.0833. The van der Waals surface area contributed by atoms with Gasteiger partial charge < -0.3 is 16.2 Å². The van der Waals surface area contributed by atoms with E-state index in [2.05, 4.69) is 21.2 Å². The van der Waals surface area contributed by atoms with Crippen molar-refractivity contribution in [1.29, 1.82) is 0 Å². The molecule has 0 bridgehead atoms. The van der Waals surface area contributed by atoms with Gasteiger partial charge in [-0.05, 0) is 39.5 Å². The van der Waals surface area contributed by atoms with Crippen LogP contribution >= 0.6 is 27.3 Å². The number of nitrogens with two attached hydrogens (primary N) is 1. The van der Waals surface area contributed by atoms with Gasteiger partial charge in [0.05, 0.1) is 23.5 Å². The Hall–Kier alpha value is -1.53. The number of anilines is 2. The molecule has 0 spiro atoms. The Morgan fingerprint density at radius 2 is 2.22 bits per heavy atom. The number of hydrogen-bond donors (Lipinski definition) is 3. The lowest BCUT2D eigenvalue weighted by Gasteiger charge is -2.10. The fourth-order valence-electron chi connectivity index (χ4n) is 1.53. The Bertz CT molecular complexity index is 583. The smallest absolute Gasteiger partial charge is 0.337 e. The summed E-state index contributed by atoms with van der Waals surface area (Å²) in [6.45, 7) is 0.603. The number of thiophene rings is 1. The van der Waals surface area contributed by atoms with E-state index in [0.29, 0.717) is 12.2 Å². The molecule has 2 aromatic rings. The Balaban J connectivity index is 2.17. The van der Waals surface area contributed by atoms with Gasteiger partial charge in [0.2, 0.25) is 0 Å². The lowest BCUT2D eigenvalue weighted by molar-refractivity contribution is 0.0698. The quantitative estimate of drug-likeness (QED) is 0.752. The van der Waals surface area contributed by atoms with Gasteiger partial charge in [-0.2, -0.15) is 0 Å². The van der Waals surface area contributed by atoms with Gasteiger partial charge in [0, 0.05) is 9.35 Å². The first-order valence-corrected chi connectivity index (χ1v) is 6.84. The molecule has 0 atom stereocenters.